The Balaban J connectivity index is 2.14. The van der Waals surface area contributed by atoms with Crippen LogP contribution >= 0.6 is 11.3 Å². The number of nitrogens with zero attached hydrogens (tertiary/aromatic N) is 2. The van der Waals surface area contributed by atoms with Crippen LogP contribution in [0.4, 0.5) is 0 Å². The van der Waals surface area contributed by atoms with Gasteiger partial charge in [-0.15, -0.1) is 11.3 Å². The van der Waals surface area contributed by atoms with Crippen LogP contribution in [0.15, 0.2) is 29.6 Å². The number of hydrogen-bond acceptors (Lipinski definition) is 5. The van der Waals surface area contributed by atoms with Gasteiger partial charge in [-0.3, -0.25) is 9.59 Å². The van der Waals surface area contributed by atoms with Gasteiger partial charge in [0.2, 0.25) is 0 Å². The van der Waals surface area contributed by atoms with Crippen molar-refractivity contribution in [1.29, 1.82) is 0 Å². The molecule has 26 heavy (non-hydrogen) atoms. The van der Waals surface area contributed by atoms with Gasteiger partial charge in [0.15, 0.2) is 0 Å². The summed E-state index contributed by atoms with van der Waals surface area (Å²) in [6.45, 7) is 7.21. The van der Waals surface area contributed by atoms with Crippen LogP contribution in [0.3, 0.4) is 0 Å². The first-order chi connectivity index (χ1) is 12.4. The number of aliphatic carboxylic acids is 1. The third-order valence-corrected chi connectivity index (χ3v) is 4.50. The monoisotopic (exact) mass is 376 g/mol. The molecule has 7 heteroatoms. The SMILES string of the molecule is CCOc1ccc(-c2nc(C(=O)N(CCC(=O)O)CC(C)C)cs2)cc1. The molecule has 6 nitrogen and oxygen atoms in total. The summed E-state index contributed by atoms with van der Waals surface area (Å²) in [5.41, 5.74) is 1.27. The minimum absolute atomic E-state index is 0.0751. The quantitative estimate of drug-likeness (QED) is 0.720. The van der Waals surface area contributed by atoms with Crippen molar-refractivity contribution in [2.75, 3.05) is 19.7 Å². The Labute approximate surface area is 157 Å². The summed E-state index contributed by atoms with van der Waals surface area (Å²) >= 11 is 1.40. The number of thiazole rings is 1. The molecule has 1 aromatic carbocycles. The molecular formula is C19H24N2O4S. The molecule has 1 N–H and O–H groups in total. The first kappa shape index (κ1) is 19.9. The van der Waals surface area contributed by atoms with Crippen molar-refractivity contribution in [2.45, 2.75) is 27.2 Å². The van der Waals surface area contributed by atoms with Gasteiger partial charge in [0.05, 0.1) is 13.0 Å². The molecule has 0 aliphatic heterocycles. The largest absolute Gasteiger partial charge is 0.494 e. The van der Waals surface area contributed by atoms with E-state index in [9.17, 15) is 9.59 Å². The molecule has 0 fully saturated rings. The molecule has 1 amide bonds. The van der Waals surface area contributed by atoms with Gasteiger partial charge in [0.1, 0.15) is 16.5 Å². The summed E-state index contributed by atoms with van der Waals surface area (Å²) in [5.74, 6) is -0.105. The second kappa shape index (κ2) is 9.33. The summed E-state index contributed by atoms with van der Waals surface area (Å²) in [6.07, 6.45) is -0.0751. The molecule has 2 aromatic rings. The minimum Gasteiger partial charge on any atom is -0.494 e. The van der Waals surface area contributed by atoms with Gasteiger partial charge in [-0.05, 0) is 37.1 Å². The zero-order valence-electron chi connectivity index (χ0n) is 15.3. The van der Waals surface area contributed by atoms with Crippen molar-refractivity contribution in [3.63, 3.8) is 0 Å². The highest BCUT2D eigenvalue weighted by atomic mass is 32.1. The van der Waals surface area contributed by atoms with E-state index in [-0.39, 0.29) is 24.8 Å². The number of benzene rings is 1. The fourth-order valence-corrected chi connectivity index (χ4v) is 3.27. The molecule has 0 unspecified atom stereocenters. The molecule has 2 rings (SSSR count). The molecule has 0 aliphatic rings. The Morgan fingerprint density at radius 1 is 1.27 bits per heavy atom. The van der Waals surface area contributed by atoms with E-state index in [1.165, 1.54) is 11.3 Å². The predicted molar refractivity (Wildman–Crippen MR) is 102 cm³/mol. The number of aromatic nitrogens is 1. The molecule has 0 saturated heterocycles. The number of carboxylic acid groups (broad SMARTS) is 1. The van der Waals surface area contributed by atoms with Gasteiger partial charge in [-0.2, -0.15) is 0 Å². The Morgan fingerprint density at radius 3 is 2.54 bits per heavy atom. The number of carboxylic acids is 1. The summed E-state index contributed by atoms with van der Waals surface area (Å²) in [6, 6.07) is 7.57. The fraction of sp³-hybridized carbons (Fsp3) is 0.421. The first-order valence-electron chi connectivity index (χ1n) is 8.60. The van der Waals surface area contributed by atoms with Gasteiger partial charge in [-0.1, -0.05) is 13.8 Å². The molecule has 1 aromatic heterocycles. The average molecular weight is 376 g/mol. The Hall–Kier alpha value is -2.41. The van der Waals surface area contributed by atoms with Crippen LogP contribution in [-0.4, -0.2) is 46.6 Å². The second-order valence-electron chi connectivity index (χ2n) is 6.28. The smallest absolute Gasteiger partial charge is 0.305 e. The number of ether oxygens (including phenoxy) is 1. The maximum absolute atomic E-state index is 12.7. The molecular weight excluding hydrogens is 352 g/mol. The molecule has 0 spiro atoms. The van der Waals surface area contributed by atoms with Crippen LogP contribution in [-0.2, 0) is 4.79 Å². The lowest BCUT2D eigenvalue weighted by atomic mass is 10.2. The first-order valence-corrected chi connectivity index (χ1v) is 9.48. The Kier molecular flexibility index (Phi) is 7.15. The maximum atomic E-state index is 12.7. The van der Waals surface area contributed by atoms with Crippen molar-refractivity contribution in [3.05, 3.63) is 35.3 Å². The van der Waals surface area contributed by atoms with Gasteiger partial charge in [0.25, 0.3) is 5.91 Å². The van der Waals surface area contributed by atoms with Crippen molar-refractivity contribution >= 4 is 23.2 Å². The van der Waals surface area contributed by atoms with Crippen LogP contribution in [0, 0.1) is 5.92 Å². The average Bonchev–Trinajstić information content (AvgIpc) is 3.08. The second-order valence-corrected chi connectivity index (χ2v) is 7.14. The van der Waals surface area contributed by atoms with Crippen LogP contribution < -0.4 is 4.74 Å². The van der Waals surface area contributed by atoms with Crippen LogP contribution in [0.2, 0.25) is 0 Å². The van der Waals surface area contributed by atoms with Crippen molar-refractivity contribution in [1.82, 2.24) is 9.88 Å². The number of rotatable bonds is 9. The van der Waals surface area contributed by atoms with E-state index in [0.717, 1.165) is 16.3 Å². The Bertz CT molecular complexity index is 740. The van der Waals surface area contributed by atoms with Crippen molar-refractivity contribution in [2.24, 2.45) is 5.92 Å². The number of amides is 1. The summed E-state index contributed by atoms with van der Waals surface area (Å²) in [7, 11) is 0. The lowest BCUT2D eigenvalue weighted by Gasteiger charge is -2.23. The highest BCUT2D eigenvalue weighted by Crippen LogP contribution is 2.26. The van der Waals surface area contributed by atoms with E-state index in [1.54, 1.807) is 10.3 Å². The lowest BCUT2D eigenvalue weighted by molar-refractivity contribution is -0.137. The maximum Gasteiger partial charge on any atom is 0.305 e. The van der Waals surface area contributed by atoms with E-state index < -0.39 is 5.97 Å². The third kappa shape index (κ3) is 5.56. The van der Waals surface area contributed by atoms with Gasteiger partial charge >= 0.3 is 5.97 Å². The predicted octanol–water partition coefficient (Wildman–Crippen LogP) is 3.78. The van der Waals surface area contributed by atoms with Gasteiger partial charge in [0, 0.05) is 24.0 Å². The molecule has 0 bridgehead atoms. The number of carbonyl (C=O) groups is 2. The lowest BCUT2D eigenvalue weighted by Crippen LogP contribution is -2.36. The third-order valence-electron chi connectivity index (χ3n) is 3.60. The fourth-order valence-electron chi connectivity index (χ4n) is 2.47. The molecule has 1 heterocycles. The van der Waals surface area contributed by atoms with E-state index in [1.807, 2.05) is 45.0 Å². The standard InChI is InChI=1S/C19H24N2O4S/c1-4-25-15-7-5-14(6-8-15)18-20-16(12-26-18)19(24)21(11-13(2)3)10-9-17(22)23/h5-8,12-13H,4,9-11H2,1-3H3,(H,22,23). The van der Waals surface area contributed by atoms with E-state index in [2.05, 4.69) is 4.98 Å². The zero-order chi connectivity index (χ0) is 19.1. The summed E-state index contributed by atoms with van der Waals surface area (Å²) < 4.78 is 5.43. The highest BCUT2D eigenvalue weighted by Gasteiger charge is 2.20. The van der Waals surface area contributed by atoms with E-state index >= 15 is 0 Å². The summed E-state index contributed by atoms with van der Waals surface area (Å²) in [5, 5.41) is 11.4. The highest BCUT2D eigenvalue weighted by molar-refractivity contribution is 7.13. The van der Waals surface area contributed by atoms with Crippen LogP contribution in [0.25, 0.3) is 10.6 Å². The van der Waals surface area contributed by atoms with Crippen molar-refractivity contribution < 1.29 is 19.4 Å². The minimum atomic E-state index is -0.917. The molecule has 140 valence electrons. The van der Waals surface area contributed by atoms with Crippen LogP contribution in [0.5, 0.6) is 5.75 Å². The van der Waals surface area contributed by atoms with Crippen molar-refractivity contribution in [3.8, 4) is 16.3 Å². The molecule has 0 aliphatic carbocycles. The van der Waals surface area contributed by atoms with Gasteiger partial charge in [-0.25, -0.2) is 4.98 Å². The van der Waals surface area contributed by atoms with Gasteiger partial charge < -0.3 is 14.7 Å². The molecule has 0 atom stereocenters. The molecule has 0 saturated carbocycles. The zero-order valence-corrected chi connectivity index (χ0v) is 16.1. The number of hydrogen-bond donors (Lipinski definition) is 1. The molecule has 0 radical (unpaired) electrons. The normalized spacial score (nSPS) is 10.8. The Morgan fingerprint density at radius 2 is 1.96 bits per heavy atom. The topological polar surface area (TPSA) is 79.7 Å². The van der Waals surface area contributed by atoms with Crippen LogP contribution in [0.1, 0.15) is 37.7 Å². The van der Waals surface area contributed by atoms with E-state index in [0.29, 0.717) is 18.8 Å². The van der Waals surface area contributed by atoms with E-state index in [4.69, 9.17) is 9.84 Å². The number of carbonyl (C=O) groups excluding carboxylic acids is 1. The summed E-state index contributed by atoms with van der Waals surface area (Å²) in [4.78, 5) is 29.6.